The Hall–Kier alpha value is -1.43. The SMILES string of the molecule is CCCc1noc(CCC(=O)N2C3CCC2CC(O)C3)n1. The number of aliphatic hydroxyl groups excluding tert-OH is 1. The number of piperidine rings is 1. The number of aliphatic hydroxyl groups is 1. The molecule has 6 heteroatoms. The van der Waals surface area contributed by atoms with Gasteiger partial charge < -0.3 is 14.5 Å². The largest absolute Gasteiger partial charge is 0.393 e. The van der Waals surface area contributed by atoms with Crippen LogP contribution in [-0.2, 0) is 17.6 Å². The molecular weight excluding hydrogens is 270 g/mol. The van der Waals surface area contributed by atoms with Crippen molar-refractivity contribution >= 4 is 5.91 Å². The quantitative estimate of drug-likeness (QED) is 0.889. The molecule has 2 unspecified atom stereocenters. The molecule has 2 bridgehead atoms. The number of nitrogens with zero attached hydrogens (tertiary/aromatic N) is 3. The van der Waals surface area contributed by atoms with Crippen molar-refractivity contribution in [1.82, 2.24) is 15.0 Å². The van der Waals surface area contributed by atoms with Crippen LogP contribution in [-0.4, -0.2) is 44.2 Å². The van der Waals surface area contributed by atoms with Gasteiger partial charge in [0.1, 0.15) is 0 Å². The van der Waals surface area contributed by atoms with E-state index in [1.165, 1.54) is 0 Å². The second-order valence-corrected chi connectivity index (χ2v) is 6.17. The number of aromatic nitrogens is 2. The van der Waals surface area contributed by atoms with E-state index in [-0.39, 0.29) is 24.1 Å². The van der Waals surface area contributed by atoms with Crippen molar-refractivity contribution in [3.05, 3.63) is 11.7 Å². The first-order chi connectivity index (χ1) is 10.2. The highest BCUT2D eigenvalue weighted by molar-refractivity contribution is 5.77. The highest BCUT2D eigenvalue weighted by atomic mass is 16.5. The Morgan fingerprint density at radius 1 is 1.33 bits per heavy atom. The number of hydrogen-bond donors (Lipinski definition) is 1. The van der Waals surface area contributed by atoms with Gasteiger partial charge in [-0.25, -0.2) is 0 Å². The molecular formula is C15H23N3O3. The maximum absolute atomic E-state index is 12.4. The molecule has 0 aromatic carbocycles. The van der Waals surface area contributed by atoms with Gasteiger partial charge in [-0.2, -0.15) is 4.98 Å². The van der Waals surface area contributed by atoms with Gasteiger partial charge in [-0.1, -0.05) is 12.1 Å². The van der Waals surface area contributed by atoms with Crippen LogP contribution in [0, 0.1) is 0 Å². The average Bonchev–Trinajstić information content (AvgIpc) is 3.00. The average molecular weight is 293 g/mol. The number of hydrogen-bond acceptors (Lipinski definition) is 5. The maximum atomic E-state index is 12.4. The summed E-state index contributed by atoms with van der Waals surface area (Å²) in [4.78, 5) is 18.7. The summed E-state index contributed by atoms with van der Waals surface area (Å²) in [6.07, 6.45) is 5.98. The van der Waals surface area contributed by atoms with Crippen LogP contribution in [0.3, 0.4) is 0 Å². The van der Waals surface area contributed by atoms with Crippen molar-refractivity contribution in [2.24, 2.45) is 0 Å². The third kappa shape index (κ3) is 3.10. The van der Waals surface area contributed by atoms with Crippen molar-refractivity contribution in [3.63, 3.8) is 0 Å². The third-order valence-electron chi connectivity index (χ3n) is 4.53. The molecule has 0 aliphatic carbocycles. The highest BCUT2D eigenvalue weighted by Crippen LogP contribution is 2.36. The number of aryl methyl sites for hydroxylation is 2. The van der Waals surface area contributed by atoms with Crippen LogP contribution in [0.1, 0.15) is 57.2 Å². The van der Waals surface area contributed by atoms with Gasteiger partial charge in [-0.3, -0.25) is 4.79 Å². The molecule has 1 amide bonds. The number of fused-ring (bicyclic) bond motifs is 2. The van der Waals surface area contributed by atoms with Gasteiger partial charge in [0.15, 0.2) is 5.82 Å². The summed E-state index contributed by atoms with van der Waals surface area (Å²) in [5.41, 5.74) is 0. The molecule has 2 atom stereocenters. The summed E-state index contributed by atoms with van der Waals surface area (Å²) in [5, 5.41) is 13.7. The fourth-order valence-electron chi connectivity index (χ4n) is 3.62. The van der Waals surface area contributed by atoms with E-state index in [0.717, 1.165) is 44.3 Å². The molecule has 2 aliphatic rings. The van der Waals surface area contributed by atoms with Crippen LogP contribution < -0.4 is 0 Å². The summed E-state index contributed by atoms with van der Waals surface area (Å²) in [5.74, 6) is 1.43. The first kappa shape index (κ1) is 14.5. The van der Waals surface area contributed by atoms with Crippen LogP contribution in [0.4, 0.5) is 0 Å². The minimum absolute atomic E-state index is 0.157. The summed E-state index contributed by atoms with van der Waals surface area (Å²) < 4.78 is 5.17. The van der Waals surface area contributed by atoms with Gasteiger partial charge in [0.05, 0.1) is 6.10 Å². The Balaban J connectivity index is 1.54. The molecule has 3 heterocycles. The molecule has 2 fully saturated rings. The normalized spacial score (nSPS) is 28.1. The van der Waals surface area contributed by atoms with E-state index in [4.69, 9.17) is 4.52 Å². The smallest absolute Gasteiger partial charge is 0.227 e. The number of carbonyl (C=O) groups is 1. The fourth-order valence-corrected chi connectivity index (χ4v) is 3.62. The minimum atomic E-state index is -0.237. The number of amides is 1. The lowest BCUT2D eigenvalue weighted by atomic mass is 9.99. The number of rotatable bonds is 5. The molecule has 116 valence electrons. The Morgan fingerprint density at radius 2 is 2.05 bits per heavy atom. The summed E-state index contributed by atoms with van der Waals surface area (Å²) >= 11 is 0. The van der Waals surface area contributed by atoms with E-state index in [1.54, 1.807) is 0 Å². The standard InChI is InChI=1S/C15H23N3O3/c1-2-3-13-16-14(21-17-13)6-7-15(20)18-10-4-5-11(18)9-12(19)8-10/h10-12,19H,2-9H2,1H3. The highest BCUT2D eigenvalue weighted by Gasteiger charge is 2.42. The van der Waals surface area contributed by atoms with Crippen molar-refractivity contribution in [2.75, 3.05) is 0 Å². The lowest BCUT2D eigenvalue weighted by Gasteiger charge is -2.37. The van der Waals surface area contributed by atoms with E-state index in [0.29, 0.717) is 18.7 Å². The first-order valence-electron chi connectivity index (χ1n) is 7.98. The van der Waals surface area contributed by atoms with E-state index in [1.807, 2.05) is 4.90 Å². The molecule has 2 aliphatic heterocycles. The molecule has 1 aromatic rings. The van der Waals surface area contributed by atoms with Crippen molar-refractivity contribution in [1.29, 1.82) is 0 Å². The van der Waals surface area contributed by atoms with Gasteiger partial charge in [-0.05, 0) is 32.1 Å². The van der Waals surface area contributed by atoms with Gasteiger partial charge in [0.25, 0.3) is 0 Å². The lowest BCUT2D eigenvalue weighted by molar-refractivity contribution is -0.137. The zero-order valence-electron chi connectivity index (χ0n) is 12.5. The predicted molar refractivity (Wildman–Crippen MR) is 75.5 cm³/mol. The summed E-state index contributed by atoms with van der Waals surface area (Å²) in [6.45, 7) is 2.07. The molecule has 6 nitrogen and oxygen atoms in total. The summed E-state index contributed by atoms with van der Waals surface area (Å²) in [7, 11) is 0. The molecule has 1 aromatic heterocycles. The van der Waals surface area contributed by atoms with E-state index >= 15 is 0 Å². The van der Waals surface area contributed by atoms with E-state index < -0.39 is 0 Å². The number of carbonyl (C=O) groups excluding carboxylic acids is 1. The van der Waals surface area contributed by atoms with Crippen LogP contribution in [0.2, 0.25) is 0 Å². The molecule has 0 spiro atoms. The second-order valence-electron chi connectivity index (χ2n) is 6.17. The molecule has 0 saturated carbocycles. The molecule has 2 saturated heterocycles. The fraction of sp³-hybridized carbons (Fsp3) is 0.800. The topological polar surface area (TPSA) is 79.5 Å². The maximum Gasteiger partial charge on any atom is 0.227 e. The molecule has 1 N–H and O–H groups in total. The Morgan fingerprint density at radius 3 is 2.71 bits per heavy atom. The molecule has 0 radical (unpaired) electrons. The predicted octanol–water partition coefficient (Wildman–Crippen LogP) is 1.47. The van der Waals surface area contributed by atoms with Crippen LogP contribution in [0.25, 0.3) is 0 Å². The molecule has 3 rings (SSSR count). The van der Waals surface area contributed by atoms with E-state index in [9.17, 15) is 9.90 Å². The zero-order valence-corrected chi connectivity index (χ0v) is 12.5. The van der Waals surface area contributed by atoms with E-state index in [2.05, 4.69) is 17.1 Å². The first-order valence-corrected chi connectivity index (χ1v) is 7.98. The van der Waals surface area contributed by atoms with Gasteiger partial charge >= 0.3 is 0 Å². The van der Waals surface area contributed by atoms with Crippen LogP contribution >= 0.6 is 0 Å². The van der Waals surface area contributed by atoms with Gasteiger partial charge in [-0.15, -0.1) is 0 Å². The van der Waals surface area contributed by atoms with Crippen LogP contribution in [0.5, 0.6) is 0 Å². The van der Waals surface area contributed by atoms with Crippen molar-refractivity contribution in [2.45, 2.75) is 76.5 Å². The van der Waals surface area contributed by atoms with Gasteiger partial charge in [0.2, 0.25) is 11.8 Å². The Kier molecular flexibility index (Phi) is 4.24. The minimum Gasteiger partial charge on any atom is -0.393 e. The van der Waals surface area contributed by atoms with Crippen molar-refractivity contribution < 1.29 is 14.4 Å². The molecule has 21 heavy (non-hydrogen) atoms. The van der Waals surface area contributed by atoms with Crippen molar-refractivity contribution in [3.8, 4) is 0 Å². The third-order valence-corrected chi connectivity index (χ3v) is 4.53. The second kappa shape index (κ2) is 6.13. The summed E-state index contributed by atoms with van der Waals surface area (Å²) in [6, 6.07) is 0.453. The van der Waals surface area contributed by atoms with Crippen LogP contribution in [0.15, 0.2) is 4.52 Å². The zero-order chi connectivity index (χ0) is 14.8. The monoisotopic (exact) mass is 293 g/mol. The Labute approximate surface area is 124 Å². The lowest BCUT2D eigenvalue weighted by Crippen LogP contribution is -2.48. The Bertz CT molecular complexity index is 488. The van der Waals surface area contributed by atoms with Gasteiger partial charge in [0, 0.05) is 31.3 Å².